The van der Waals surface area contributed by atoms with Crippen molar-refractivity contribution >= 4 is 82.6 Å². The molecule has 0 radical (unpaired) electrons. The summed E-state index contributed by atoms with van der Waals surface area (Å²) in [5.74, 6) is 0. The Balaban J connectivity index is 1.30. The lowest BCUT2D eigenvalue weighted by molar-refractivity contribution is 0.668. The molecule has 6 aromatic carbocycles. The minimum atomic E-state index is 0.691. The van der Waals surface area contributed by atoms with Crippen molar-refractivity contribution in [3.8, 4) is 5.69 Å². The number of aromatic nitrogens is 2. The average molecular weight is 553 g/mol. The van der Waals surface area contributed by atoms with Crippen molar-refractivity contribution in [2.75, 3.05) is 5.73 Å². The van der Waals surface area contributed by atoms with Crippen LogP contribution in [0.5, 0.6) is 0 Å². The van der Waals surface area contributed by atoms with Gasteiger partial charge >= 0.3 is 0 Å². The Morgan fingerprint density at radius 3 is 2.30 bits per heavy atom. The molecular formula is C38H24N4O. The first-order valence-electron chi connectivity index (χ1n) is 14.6. The van der Waals surface area contributed by atoms with Gasteiger partial charge in [0, 0.05) is 49.6 Å². The van der Waals surface area contributed by atoms with E-state index in [0.29, 0.717) is 12.2 Å². The Morgan fingerprint density at radius 2 is 1.37 bits per heavy atom. The Labute approximate surface area is 245 Å². The summed E-state index contributed by atoms with van der Waals surface area (Å²) in [6.07, 6.45) is 0. The van der Waals surface area contributed by atoms with Crippen molar-refractivity contribution in [1.29, 1.82) is 0 Å². The number of furan rings is 1. The topological polar surface area (TPSA) is 61.4 Å². The lowest BCUT2D eigenvalue weighted by atomic mass is 10.0. The fourth-order valence-corrected chi connectivity index (χ4v) is 7.28. The summed E-state index contributed by atoms with van der Waals surface area (Å²) >= 11 is 0. The van der Waals surface area contributed by atoms with Gasteiger partial charge in [0.2, 0.25) is 0 Å². The highest BCUT2D eigenvalue weighted by atomic mass is 16.3. The Morgan fingerprint density at radius 1 is 0.605 bits per heavy atom. The Hall–Kier alpha value is -5.81. The molecule has 9 aromatic rings. The van der Waals surface area contributed by atoms with Crippen LogP contribution in [-0.2, 0) is 6.54 Å². The van der Waals surface area contributed by atoms with Crippen LogP contribution >= 0.6 is 0 Å². The van der Waals surface area contributed by atoms with Crippen LogP contribution in [0.4, 0.5) is 11.4 Å². The second-order valence-electron chi connectivity index (χ2n) is 11.4. The van der Waals surface area contributed by atoms with Crippen LogP contribution < -0.4 is 5.73 Å². The molecule has 1 aliphatic rings. The van der Waals surface area contributed by atoms with Crippen LogP contribution in [0.3, 0.4) is 0 Å². The molecule has 0 amide bonds. The van der Waals surface area contributed by atoms with Gasteiger partial charge in [-0.05, 0) is 42.5 Å². The molecule has 4 heterocycles. The summed E-state index contributed by atoms with van der Waals surface area (Å²) in [7, 11) is 0. The molecule has 10 rings (SSSR count). The maximum Gasteiger partial charge on any atom is 0.137 e. The third-order valence-electron chi connectivity index (χ3n) is 9.11. The van der Waals surface area contributed by atoms with Crippen LogP contribution in [0, 0.1) is 0 Å². The number of nitrogens with zero attached hydrogens (tertiary/aromatic N) is 3. The number of aliphatic imine (C=N–C) groups is 1. The molecule has 5 heteroatoms. The lowest BCUT2D eigenvalue weighted by Gasteiger charge is -2.10. The molecule has 0 atom stereocenters. The molecule has 0 bridgehead atoms. The summed E-state index contributed by atoms with van der Waals surface area (Å²) < 4.78 is 11.2. The van der Waals surface area contributed by atoms with E-state index in [2.05, 4.69) is 94.1 Å². The van der Waals surface area contributed by atoms with Gasteiger partial charge in [-0.25, -0.2) is 4.99 Å². The molecule has 0 saturated carbocycles. The molecule has 5 nitrogen and oxygen atoms in total. The normalized spacial score (nSPS) is 14.1. The monoisotopic (exact) mass is 552 g/mol. The quantitative estimate of drug-likeness (QED) is 0.217. The first kappa shape index (κ1) is 22.8. The minimum absolute atomic E-state index is 0.691. The van der Waals surface area contributed by atoms with Crippen LogP contribution in [-0.4, -0.2) is 14.8 Å². The molecule has 3 aromatic heterocycles. The van der Waals surface area contributed by atoms with Crippen molar-refractivity contribution in [2.24, 2.45) is 4.99 Å². The van der Waals surface area contributed by atoms with E-state index in [-0.39, 0.29) is 0 Å². The number of para-hydroxylation sites is 5. The van der Waals surface area contributed by atoms with Crippen LogP contribution in [0.25, 0.3) is 71.2 Å². The van der Waals surface area contributed by atoms with Crippen molar-refractivity contribution in [3.05, 3.63) is 127 Å². The first-order chi connectivity index (χ1) is 21.2. The molecule has 0 aliphatic carbocycles. The van der Waals surface area contributed by atoms with Gasteiger partial charge in [-0.2, -0.15) is 0 Å². The molecule has 2 N–H and O–H groups in total. The van der Waals surface area contributed by atoms with Gasteiger partial charge in [-0.3, -0.25) is 0 Å². The summed E-state index contributed by atoms with van der Waals surface area (Å²) in [5.41, 5.74) is 17.7. The van der Waals surface area contributed by atoms with Gasteiger partial charge < -0.3 is 19.3 Å². The van der Waals surface area contributed by atoms with Gasteiger partial charge in [0.15, 0.2) is 0 Å². The van der Waals surface area contributed by atoms with E-state index in [4.69, 9.17) is 15.1 Å². The molecule has 0 spiro atoms. The smallest absolute Gasteiger partial charge is 0.137 e. The van der Waals surface area contributed by atoms with E-state index in [0.717, 1.165) is 44.6 Å². The lowest BCUT2D eigenvalue weighted by Crippen LogP contribution is -2.03. The Bertz CT molecular complexity index is 2670. The Kier molecular flexibility index (Phi) is 4.32. The standard InChI is InChI=1S/C38H24N4O/c39-29-12-3-4-13-30(29)40-31-21-41-33-19-18-26-23-8-1-5-14-32(23)42(38(26)36(33)28-11-7-10-27(31)37(28)41)22-16-17-25-24-9-2-6-15-34(24)43-35(25)20-22/h1-20H,21,39H2. The van der Waals surface area contributed by atoms with E-state index in [1.165, 1.54) is 43.6 Å². The van der Waals surface area contributed by atoms with Gasteiger partial charge in [-0.15, -0.1) is 0 Å². The molecule has 202 valence electrons. The second kappa shape index (κ2) is 8.14. The zero-order chi connectivity index (χ0) is 28.2. The summed E-state index contributed by atoms with van der Waals surface area (Å²) in [4.78, 5) is 5.04. The third-order valence-corrected chi connectivity index (χ3v) is 9.11. The summed E-state index contributed by atoms with van der Waals surface area (Å²) in [5, 5.41) is 7.24. The number of benzene rings is 6. The molecule has 0 fully saturated rings. The highest BCUT2D eigenvalue weighted by Gasteiger charge is 2.27. The van der Waals surface area contributed by atoms with Crippen LogP contribution in [0.15, 0.2) is 131 Å². The number of fused-ring (bicyclic) bond motifs is 10. The van der Waals surface area contributed by atoms with Crippen LogP contribution in [0.2, 0.25) is 0 Å². The third kappa shape index (κ3) is 2.98. The maximum atomic E-state index is 6.33. The number of hydrogen-bond donors (Lipinski definition) is 1. The SMILES string of the molecule is Nc1ccccc1N=C1Cn2c3ccc4c5ccccc5n(-c5ccc6c(c5)oc5ccccc56)c4c3c3cccc1c32. The zero-order valence-corrected chi connectivity index (χ0v) is 23.1. The average Bonchev–Trinajstić information content (AvgIpc) is 3.78. The molecular weight excluding hydrogens is 528 g/mol. The highest BCUT2D eigenvalue weighted by Crippen LogP contribution is 2.44. The van der Waals surface area contributed by atoms with Crippen molar-refractivity contribution in [1.82, 2.24) is 9.13 Å². The molecule has 1 aliphatic heterocycles. The second-order valence-corrected chi connectivity index (χ2v) is 11.4. The van der Waals surface area contributed by atoms with Crippen molar-refractivity contribution in [3.63, 3.8) is 0 Å². The van der Waals surface area contributed by atoms with E-state index in [1.807, 2.05) is 36.4 Å². The summed E-state index contributed by atoms with van der Waals surface area (Å²) in [6.45, 7) is 0.699. The molecule has 43 heavy (non-hydrogen) atoms. The highest BCUT2D eigenvalue weighted by molar-refractivity contribution is 6.29. The van der Waals surface area contributed by atoms with Gasteiger partial charge in [0.1, 0.15) is 11.2 Å². The number of rotatable bonds is 2. The van der Waals surface area contributed by atoms with Crippen molar-refractivity contribution < 1.29 is 4.42 Å². The van der Waals surface area contributed by atoms with E-state index >= 15 is 0 Å². The molecule has 0 unspecified atom stereocenters. The van der Waals surface area contributed by atoms with E-state index < -0.39 is 0 Å². The van der Waals surface area contributed by atoms with E-state index in [1.54, 1.807) is 0 Å². The van der Waals surface area contributed by atoms with Gasteiger partial charge in [0.05, 0.1) is 45.7 Å². The van der Waals surface area contributed by atoms with Gasteiger partial charge in [0.25, 0.3) is 0 Å². The molecule has 0 saturated heterocycles. The van der Waals surface area contributed by atoms with Crippen molar-refractivity contribution in [2.45, 2.75) is 6.54 Å². The van der Waals surface area contributed by atoms with Gasteiger partial charge in [-0.1, -0.05) is 72.8 Å². The number of nitrogen functional groups attached to an aromatic ring is 1. The zero-order valence-electron chi connectivity index (χ0n) is 23.1. The minimum Gasteiger partial charge on any atom is -0.456 e. The number of nitrogens with two attached hydrogens (primary N) is 1. The largest absolute Gasteiger partial charge is 0.456 e. The number of anilines is 1. The van der Waals surface area contributed by atoms with Crippen LogP contribution in [0.1, 0.15) is 5.56 Å². The first-order valence-corrected chi connectivity index (χ1v) is 14.6. The summed E-state index contributed by atoms with van der Waals surface area (Å²) in [6, 6.07) is 42.5. The maximum absolute atomic E-state index is 6.33. The number of hydrogen-bond acceptors (Lipinski definition) is 3. The predicted molar refractivity (Wildman–Crippen MR) is 178 cm³/mol. The van der Waals surface area contributed by atoms with E-state index in [9.17, 15) is 0 Å². The predicted octanol–water partition coefficient (Wildman–Crippen LogP) is 9.51. The fraction of sp³-hybridized carbons (Fsp3) is 0.0263. The fourth-order valence-electron chi connectivity index (χ4n) is 7.28.